The summed E-state index contributed by atoms with van der Waals surface area (Å²) in [5.74, 6) is 0.534. The molecule has 3 heterocycles. The zero-order chi connectivity index (χ0) is 21.8. The van der Waals surface area contributed by atoms with E-state index in [1.165, 1.54) is 19.5 Å². The predicted octanol–water partition coefficient (Wildman–Crippen LogP) is 2.45. The highest BCUT2D eigenvalue weighted by atomic mass is 35.5. The monoisotopic (exact) mass is 445 g/mol. The van der Waals surface area contributed by atoms with Gasteiger partial charge in [0.1, 0.15) is 12.6 Å². The van der Waals surface area contributed by atoms with E-state index >= 15 is 0 Å². The van der Waals surface area contributed by atoms with E-state index in [1.54, 1.807) is 32.9 Å². The quantitative estimate of drug-likeness (QED) is 0.678. The van der Waals surface area contributed by atoms with Crippen LogP contribution in [0.4, 0.5) is 10.5 Å². The number of nitrogens with zero attached hydrogens (tertiary/aromatic N) is 5. The van der Waals surface area contributed by atoms with Crippen LogP contribution >= 0.6 is 11.6 Å². The number of ether oxygens (including phenoxy) is 2. The Hall–Kier alpha value is -3.07. The molecule has 2 fully saturated rings. The molecule has 1 atom stereocenters. The van der Waals surface area contributed by atoms with Crippen LogP contribution in [0.1, 0.15) is 12.8 Å². The fraction of sp³-hybridized carbons (Fsp3) is 0.429. The average molecular weight is 446 g/mol. The minimum Gasteiger partial charge on any atom is -0.477 e. The number of methoxy groups -OCH3 is 1. The Balaban J connectivity index is 1.35. The summed E-state index contributed by atoms with van der Waals surface area (Å²) in [7, 11) is 1.51. The van der Waals surface area contributed by atoms with E-state index in [2.05, 4.69) is 9.97 Å². The third-order valence-electron chi connectivity index (χ3n) is 5.38. The summed E-state index contributed by atoms with van der Waals surface area (Å²) in [6, 6.07) is 6.96. The summed E-state index contributed by atoms with van der Waals surface area (Å²) in [5, 5.41) is 0.568. The lowest BCUT2D eigenvalue weighted by Crippen LogP contribution is -2.48. The minimum atomic E-state index is -0.208. The molecule has 1 aromatic carbocycles. The third-order valence-corrected chi connectivity index (χ3v) is 5.61. The summed E-state index contributed by atoms with van der Waals surface area (Å²) < 4.78 is 11.1. The average Bonchev–Trinajstić information content (AvgIpc) is 3.14. The first-order valence-corrected chi connectivity index (χ1v) is 10.5. The molecule has 3 amide bonds. The van der Waals surface area contributed by atoms with Gasteiger partial charge in [-0.2, -0.15) is 0 Å². The van der Waals surface area contributed by atoms with Crippen molar-refractivity contribution < 1.29 is 19.1 Å². The molecule has 0 aliphatic carbocycles. The van der Waals surface area contributed by atoms with Crippen molar-refractivity contribution in [2.45, 2.75) is 18.9 Å². The number of piperidine rings is 1. The number of amides is 3. The van der Waals surface area contributed by atoms with Crippen LogP contribution in [-0.4, -0.2) is 77.6 Å². The molecule has 2 aliphatic heterocycles. The first-order valence-electron chi connectivity index (χ1n) is 10.2. The van der Waals surface area contributed by atoms with Gasteiger partial charge in [0.25, 0.3) is 11.8 Å². The van der Waals surface area contributed by atoms with Crippen LogP contribution in [0.5, 0.6) is 11.8 Å². The number of rotatable bonds is 6. The van der Waals surface area contributed by atoms with Gasteiger partial charge in [0.05, 0.1) is 13.7 Å². The van der Waals surface area contributed by atoms with E-state index in [1.807, 2.05) is 6.07 Å². The number of hydrogen-bond acceptors (Lipinski definition) is 6. The second-order valence-corrected chi connectivity index (χ2v) is 7.86. The molecule has 10 heteroatoms. The first-order chi connectivity index (χ1) is 15.0. The van der Waals surface area contributed by atoms with Crippen molar-refractivity contribution in [1.82, 2.24) is 19.8 Å². The number of likely N-dealkylation sites (tertiary alicyclic amines) is 1. The number of hydrogen-bond donors (Lipinski definition) is 0. The predicted molar refractivity (Wildman–Crippen MR) is 115 cm³/mol. The number of carbonyl (C=O) groups is 2. The van der Waals surface area contributed by atoms with Gasteiger partial charge in [-0.25, -0.2) is 14.8 Å². The smallest absolute Gasteiger partial charge is 0.325 e. The molecule has 31 heavy (non-hydrogen) atoms. The topological polar surface area (TPSA) is 88.1 Å². The molecule has 9 nitrogen and oxygen atoms in total. The van der Waals surface area contributed by atoms with Crippen LogP contribution in [0.15, 0.2) is 36.7 Å². The number of halogens is 1. The van der Waals surface area contributed by atoms with E-state index in [4.69, 9.17) is 21.1 Å². The Morgan fingerprint density at radius 1 is 1.19 bits per heavy atom. The van der Waals surface area contributed by atoms with Crippen molar-refractivity contribution in [3.05, 3.63) is 41.7 Å². The Morgan fingerprint density at radius 2 is 2.00 bits per heavy atom. The number of urea groups is 1. The minimum absolute atomic E-state index is 0.0388. The standard InChI is InChI=1S/C21H24ClN5O4/c1-30-19-20(24-8-7-23-19)31-17-6-3-9-25(13-17)18(28)14-26-10-11-27(21(26)29)16-5-2-4-15(22)12-16/h2,4-5,7-8,12,17H,3,6,9-11,13-14H2,1H3. The van der Waals surface area contributed by atoms with E-state index in [0.29, 0.717) is 43.0 Å². The maximum atomic E-state index is 12.9. The van der Waals surface area contributed by atoms with E-state index in [-0.39, 0.29) is 24.6 Å². The lowest BCUT2D eigenvalue weighted by Gasteiger charge is -2.33. The molecule has 4 rings (SSSR count). The van der Waals surface area contributed by atoms with Gasteiger partial charge in [-0.05, 0) is 31.0 Å². The normalized spacial score (nSPS) is 19.0. The second-order valence-electron chi connectivity index (χ2n) is 7.43. The molecule has 1 aromatic heterocycles. The first kappa shape index (κ1) is 21.2. The fourth-order valence-corrected chi connectivity index (χ4v) is 4.01. The van der Waals surface area contributed by atoms with Crippen molar-refractivity contribution in [3.63, 3.8) is 0 Å². The van der Waals surface area contributed by atoms with Crippen LogP contribution in [0.3, 0.4) is 0 Å². The van der Waals surface area contributed by atoms with E-state index in [9.17, 15) is 9.59 Å². The van der Waals surface area contributed by atoms with E-state index in [0.717, 1.165) is 18.5 Å². The molecule has 1 unspecified atom stereocenters. The van der Waals surface area contributed by atoms with Crippen LogP contribution in [0, 0.1) is 0 Å². The van der Waals surface area contributed by atoms with Crippen molar-refractivity contribution in [1.29, 1.82) is 0 Å². The van der Waals surface area contributed by atoms with Crippen LogP contribution < -0.4 is 14.4 Å². The number of aromatic nitrogens is 2. The number of benzene rings is 1. The Kier molecular flexibility index (Phi) is 6.41. The molecule has 0 radical (unpaired) electrons. The summed E-state index contributed by atoms with van der Waals surface area (Å²) in [6.45, 7) is 2.11. The summed E-state index contributed by atoms with van der Waals surface area (Å²) in [5.41, 5.74) is 0.733. The highest BCUT2D eigenvalue weighted by Gasteiger charge is 2.33. The number of carbonyl (C=O) groups excluding carboxylic acids is 2. The summed E-state index contributed by atoms with van der Waals surface area (Å²) in [6.07, 6.45) is 4.47. The Bertz CT molecular complexity index is 959. The largest absolute Gasteiger partial charge is 0.477 e. The van der Waals surface area contributed by atoms with Gasteiger partial charge in [0.15, 0.2) is 0 Å². The molecular formula is C21H24ClN5O4. The Labute approximate surface area is 185 Å². The van der Waals surface area contributed by atoms with Crippen molar-refractivity contribution >= 4 is 29.2 Å². The molecule has 0 saturated carbocycles. The van der Waals surface area contributed by atoms with Crippen molar-refractivity contribution in [2.75, 3.05) is 44.7 Å². The van der Waals surface area contributed by atoms with Crippen LogP contribution in [0.25, 0.3) is 0 Å². The highest BCUT2D eigenvalue weighted by molar-refractivity contribution is 6.30. The van der Waals surface area contributed by atoms with E-state index < -0.39 is 0 Å². The SMILES string of the molecule is COc1nccnc1OC1CCCN(C(=O)CN2CCN(c3cccc(Cl)c3)C2=O)C1. The fourth-order valence-electron chi connectivity index (χ4n) is 3.83. The van der Waals surface area contributed by atoms with Gasteiger partial charge in [-0.1, -0.05) is 17.7 Å². The highest BCUT2D eigenvalue weighted by Crippen LogP contribution is 2.25. The molecule has 0 bridgehead atoms. The molecule has 0 N–H and O–H groups in total. The van der Waals surface area contributed by atoms with Crippen molar-refractivity contribution in [2.24, 2.45) is 0 Å². The molecule has 164 valence electrons. The Morgan fingerprint density at radius 3 is 2.77 bits per heavy atom. The summed E-state index contributed by atoms with van der Waals surface area (Å²) in [4.78, 5) is 38.9. The third kappa shape index (κ3) is 4.82. The van der Waals surface area contributed by atoms with Gasteiger partial charge >= 0.3 is 6.03 Å². The molecule has 2 saturated heterocycles. The van der Waals surface area contributed by atoms with Gasteiger partial charge in [-0.15, -0.1) is 0 Å². The maximum absolute atomic E-state index is 12.9. The molecule has 2 aliphatic rings. The van der Waals surface area contributed by atoms with Gasteiger partial charge in [0, 0.05) is 42.7 Å². The van der Waals surface area contributed by atoms with Crippen LogP contribution in [-0.2, 0) is 4.79 Å². The van der Waals surface area contributed by atoms with Gasteiger partial charge < -0.3 is 19.3 Å². The van der Waals surface area contributed by atoms with Crippen LogP contribution in [0.2, 0.25) is 5.02 Å². The molecule has 0 spiro atoms. The lowest BCUT2D eigenvalue weighted by atomic mass is 10.1. The zero-order valence-corrected chi connectivity index (χ0v) is 18.0. The molecule has 2 aromatic rings. The maximum Gasteiger partial charge on any atom is 0.325 e. The second kappa shape index (κ2) is 9.38. The van der Waals surface area contributed by atoms with Crippen molar-refractivity contribution in [3.8, 4) is 11.8 Å². The van der Waals surface area contributed by atoms with Gasteiger partial charge in [-0.3, -0.25) is 9.69 Å². The zero-order valence-electron chi connectivity index (χ0n) is 17.2. The number of anilines is 1. The summed E-state index contributed by atoms with van der Waals surface area (Å²) >= 11 is 6.04. The lowest BCUT2D eigenvalue weighted by molar-refractivity contribution is -0.134. The van der Waals surface area contributed by atoms with Gasteiger partial charge in [0.2, 0.25) is 5.91 Å². The molecular weight excluding hydrogens is 422 g/mol.